The number of hydrogen-bond donors (Lipinski definition) is 2. The second kappa shape index (κ2) is 5.78. The molecule has 0 radical (unpaired) electrons. The normalized spacial score (nSPS) is 24.1. The van der Waals surface area contributed by atoms with Crippen LogP contribution in [0.4, 0.5) is 0 Å². The Hall–Kier alpha value is -1.00. The lowest BCUT2D eigenvalue weighted by Crippen LogP contribution is -2.54. The van der Waals surface area contributed by atoms with Crippen LogP contribution in [0, 0.1) is 0 Å². The van der Waals surface area contributed by atoms with E-state index < -0.39 is 0 Å². The van der Waals surface area contributed by atoms with Crippen molar-refractivity contribution in [2.75, 3.05) is 6.61 Å². The van der Waals surface area contributed by atoms with E-state index in [1.54, 1.807) is 11.8 Å². The molecule has 1 unspecified atom stereocenters. The number of rotatable bonds is 3. The third-order valence-electron chi connectivity index (χ3n) is 4.44. The highest BCUT2D eigenvalue weighted by atomic mass is 32.2. The zero-order chi connectivity index (χ0) is 14.0. The van der Waals surface area contributed by atoms with Crippen LogP contribution in [-0.2, 0) is 11.2 Å². The summed E-state index contributed by atoms with van der Waals surface area (Å²) in [5, 5.41) is 12.8. The molecule has 1 atom stereocenters. The SMILES string of the molecule is O=C(NC1(CO)CCCCC1)C1Cc2ccccc2S1. The molecule has 2 aliphatic rings. The Morgan fingerprint density at radius 3 is 2.75 bits per heavy atom. The zero-order valence-electron chi connectivity index (χ0n) is 11.6. The summed E-state index contributed by atoms with van der Waals surface area (Å²) in [5.41, 5.74) is 0.893. The Morgan fingerprint density at radius 2 is 2.05 bits per heavy atom. The standard InChI is InChI=1S/C16H21NO2S/c18-11-16(8-4-1-5-9-16)17-15(19)14-10-12-6-2-3-7-13(12)20-14/h2-3,6-7,14,18H,1,4-5,8-11H2,(H,17,19). The summed E-state index contributed by atoms with van der Waals surface area (Å²) in [7, 11) is 0. The quantitative estimate of drug-likeness (QED) is 0.899. The van der Waals surface area contributed by atoms with Gasteiger partial charge in [0.25, 0.3) is 0 Å². The van der Waals surface area contributed by atoms with E-state index in [0.717, 1.165) is 32.1 Å². The molecule has 0 aromatic heterocycles. The van der Waals surface area contributed by atoms with Crippen LogP contribution in [0.3, 0.4) is 0 Å². The smallest absolute Gasteiger partial charge is 0.234 e. The predicted molar refractivity (Wildman–Crippen MR) is 80.8 cm³/mol. The molecule has 4 heteroatoms. The first-order valence-corrected chi connectivity index (χ1v) is 8.28. The fraction of sp³-hybridized carbons (Fsp3) is 0.562. The topological polar surface area (TPSA) is 49.3 Å². The molecule has 1 fully saturated rings. The highest BCUT2D eigenvalue weighted by molar-refractivity contribution is 8.01. The van der Waals surface area contributed by atoms with Gasteiger partial charge in [-0.25, -0.2) is 0 Å². The largest absolute Gasteiger partial charge is 0.394 e. The fourth-order valence-corrected chi connectivity index (χ4v) is 4.42. The minimum Gasteiger partial charge on any atom is -0.394 e. The predicted octanol–water partition coefficient (Wildman–Crippen LogP) is 2.51. The van der Waals surface area contributed by atoms with Crippen LogP contribution in [0.1, 0.15) is 37.7 Å². The number of aliphatic hydroxyl groups excluding tert-OH is 1. The van der Waals surface area contributed by atoms with Crippen LogP contribution >= 0.6 is 11.8 Å². The molecule has 108 valence electrons. The molecule has 0 spiro atoms. The third kappa shape index (κ3) is 2.72. The van der Waals surface area contributed by atoms with Crippen LogP contribution in [0.15, 0.2) is 29.2 Å². The molecule has 2 N–H and O–H groups in total. The van der Waals surface area contributed by atoms with Crippen LogP contribution in [0.5, 0.6) is 0 Å². The lowest BCUT2D eigenvalue weighted by molar-refractivity contribution is -0.123. The van der Waals surface area contributed by atoms with Crippen molar-refractivity contribution < 1.29 is 9.90 Å². The number of nitrogens with one attached hydrogen (secondary N) is 1. The zero-order valence-corrected chi connectivity index (χ0v) is 12.4. The van der Waals surface area contributed by atoms with Gasteiger partial charge in [-0.05, 0) is 30.9 Å². The Bertz CT molecular complexity index is 472. The van der Waals surface area contributed by atoms with Crippen molar-refractivity contribution in [3.63, 3.8) is 0 Å². The molecule has 1 aromatic carbocycles. The first-order valence-electron chi connectivity index (χ1n) is 7.40. The van der Waals surface area contributed by atoms with Gasteiger partial charge in [-0.3, -0.25) is 4.79 Å². The number of amides is 1. The summed E-state index contributed by atoms with van der Waals surface area (Å²) in [5.74, 6) is 0.0853. The van der Waals surface area contributed by atoms with Crippen LogP contribution in [0.25, 0.3) is 0 Å². The molecule has 0 bridgehead atoms. The van der Waals surface area contributed by atoms with Crippen molar-refractivity contribution in [2.24, 2.45) is 0 Å². The lowest BCUT2D eigenvalue weighted by atomic mass is 9.82. The van der Waals surface area contributed by atoms with Gasteiger partial charge >= 0.3 is 0 Å². The van der Waals surface area contributed by atoms with Gasteiger partial charge in [-0.2, -0.15) is 0 Å². The number of thioether (sulfide) groups is 1. The van der Waals surface area contributed by atoms with E-state index in [-0.39, 0.29) is 23.3 Å². The summed E-state index contributed by atoms with van der Waals surface area (Å²) in [6.07, 6.45) is 6.01. The molecule has 1 aliphatic heterocycles. The average molecular weight is 291 g/mol. The summed E-state index contributed by atoms with van der Waals surface area (Å²) in [6.45, 7) is 0.0586. The van der Waals surface area contributed by atoms with E-state index in [1.165, 1.54) is 16.9 Å². The third-order valence-corrected chi connectivity index (χ3v) is 5.76. The second-order valence-corrected chi connectivity index (χ2v) is 7.15. The molecule has 1 aromatic rings. The molecular formula is C16H21NO2S. The van der Waals surface area contributed by atoms with Gasteiger partial charge in [-0.1, -0.05) is 37.5 Å². The van der Waals surface area contributed by atoms with Gasteiger partial charge in [0.05, 0.1) is 17.4 Å². The molecule has 1 amide bonds. The first-order chi connectivity index (χ1) is 9.72. The van der Waals surface area contributed by atoms with Gasteiger partial charge in [0.15, 0.2) is 0 Å². The number of hydrogen-bond acceptors (Lipinski definition) is 3. The van der Waals surface area contributed by atoms with Gasteiger partial charge in [0.1, 0.15) is 0 Å². The summed E-state index contributed by atoms with van der Waals surface area (Å²) in [4.78, 5) is 13.7. The highest BCUT2D eigenvalue weighted by Gasteiger charge is 2.36. The Balaban J connectivity index is 1.66. The van der Waals surface area contributed by atoms with E-state index in [1.807, 2.05) is 12.1 Å². The Labute approximate surface area is 124 Å². The number of carbonyl (C=O) groups excluding carboxylic acids is 1. The van der Waals surface area contributed by atoms with Crippen molar-refractivity contribution in [1.82, 2.24) is 5.32 Å². The number of fused-ring (bicyclic) bond motifs is 1. The molecular weight excluding hydrogens is 270 g/mol. The number of carbonyl (C=O) groups is 1. The number of benzene rings is 1. The van der Waals surface area contributed by atoms with E-state index in [2.05, 4.69) is 17.4 Å². The molecule has 1 heterocycles. The highest BCUT2D eigenvalue weighted by Crippen LogP contribution is 2.37. The van der Waals surface area contributed by atoms with Crippen molar-refractivity contribution in [1.29, 1.82) is 0 Å². The van der Waals surface area contributed by atoms with E-state index >= 15 is 0 Å². The van der Waals surface area contributed by atoms with Crippen molar-refractivity contribution >= 4 is 17.7 Å². The van der Waals surface area contributed by atoms with E-state index in [4.69, 9.17) is 0 Å². The maximum absolute atomic E-state index is 12.5. The molecule has 3 rings (SSSR count). The molecule has 3 nitrogen and oxygen atoms in total. The number of aliphatic hydroxyl groups is 1. The Kier molecular flexibility index (Phi) is 4.03. The van der Waals surface area contributed by atoms with Gasteiger partial charge < -0.3 is 10.4 Å². The lowest BCUT2D eigenvalue weighted by Gasteiger charge is -2.37. The Morgan fingerprint density at radius 1 is 1.30 bits per heavy atom. The minimum absolute atomic E-state index is 0.0437. The molecule has 1 aliphatic carbocycles. The van der Waals surface area contributed by atoms with Crippen LogP contribution in [-0.4, -0.2) is 28.4 Å². The van der Waals surface area contributed by atoms with E-state index in [0.29, 0.717) is 0 Å². The first kappa shape index (κ1) is 14.0. The summed E-state index contributed by atoms with van der Waals surface area (Å²) >= 11 is 1.65. The minimum atomic E-state index is -0.370. The van der Waals surface area contributed by atoms with Crippen molar-refractivity contribution in [3.05, 3.63) is 29.8 Å². The monoisotopic (exact) mass is 291 g/mol. The molecule has 0 saturated heterocycles. The van der Waals surface area contributed by atoms with Crippen molar-refractivity contribution in [2.45, 2.75) is 54.2 Å². The van der Waals surface area contributed by atoms with Crippen LogP contribution in [0.2, 0.25) is 0 Å². The summed E-state index contributed by atoms with van der Waals surface area (Å²) in [6, 6.07) is 8.21. The molecule has 20 heavy (non-hydrogen) atoms. The van der Waals surface area contributed by atoms with E-state index in [9.17, 15) is 9.90 Å². The van der Waals surface area contributed by atoms with Gasteiger partial charge in [-0.15, -0.1) is 11.8 Å². The van der Waals surface area contributed by atoms with Crippen LogP contribution < -0.4 is 5.32 Å². The maximum Gasteiger partial charge on any atom is 0.234 e. The summed E-state index contributed by atoms with van der Waals surface area (Å²) < 4.78 is 0. The fourth-order valence-electron chi connectivity index (χ4n) is 3.22. The van der Waals surface area contributed by atoms with Gasteiger partial charge in [0.2, 0.25) is 5.91 Å². The molecule has 1 saturated carbocycles. The van der Waals surface area contributed by atoms with Gasteiger partial charge in [0, 0.05) is 4.90 Å². The van der Waals surface area contributed by atoms with Crippen molar-refractivity contribution in [3.8, 4) is 0 Å². The second-order valence-electron chi connectivity index (χ2n) is 5.91. The average Bonchev–Trinajstić information content (AvgIpc) is 2.92. The maximum atomic E-state index is 12.5.